The van der Waals surface area contributed by atoms with Gasteiger partial charge in [-0.15, -0.1) is 0 Å². The number of hydrogen-bond acceptors (Lipinski definition) is 4. The molecule has 1 aliphatic heterocycles. The molecule has 22 heavy (non-hydrogen) atoms. The van der Waals surface area contributed by atoms with Crippen molar-refractivity contribution in [3.05, 3.63) is 24.3 Å². The Morgan fingerprint density at radius 1 is 1.14 bits per heavy atom. The quantitative estimate of drug-likeness (QED) is 0.864. The highest BCUT2D eigenvalue weighted by molar-refractivity contribution is 7.90. The molecule has 2 N–H and O–H groups in total. The third kappa shape index (κ3) is 3.50. The van der Waals surface area contributed by atoms with Gasteiger partial charge in [0, 0.05) is 17.4 Å². The predicted octanol–water partition coefficient (Wildman–Crippen LogP) is 1.83. The molecule has 2 aliphatic rings. The molecule has 1 aromatic rings. The smallest absolute Gasteiger partial charge is 0.414 e. The average molecular weight is 325 g/mol. The lowest BCUT2D eigenvalue weighted by Crippen LogP contribution is -2.37. The second-order valence-corrected chi connectivity index (χ2v) is 6.96. The Bertz CT molecular complexity index is 639. The van der Waals surface area contributed by atoms with Crippen molar-refractivity contribution < 1.29 is 17.9 Å². The Hall–Kier alpha value is -1.80. The third-order valence-electron chi connectivity index (χ3n) is 3.87. The molecule has 8 heteroatoms. The molecule has 0 atom stereocenters. The van der Waals surface area contributed by atoms with Crippen molar-refractivity contribution in [1.82, 2.24) is 4.72 Å². The van der Waals surface area contributed by atoms with Crippen molar-refractivity contribution in [2.45, 2.75) is 31.7 Å². The van der Waals surface area contributed by atoms with Gasteiger partial charge in [0.25, 0.3) is 10.2 Å². The summed E-state index contributed by atoms with van der Waals surface area (Å²) in [4.78, 5) is 13.0. The summed E-state index contributed by atoms with van der Waals surface area (Å²) in [6.07, 6.45) is 3.52. The molecule has 0 radical (unpaired) electrons. The summed E-state index contributed by atoms with van der Waals surface area (Å²) < 4.78 is 34.1. The van der Waals surface area contributed by atoms with Crippen LogP contribution in [0.25, 0.3) is 0 Å². The summed E-state index contributed by atoms with van der Waals surface area (Å²) in [7, 11) is -3.57. The molecule has 0 aromatic heterocycles. The lowest BCUT2D eigenvalue weighted by atomic mass is 10.2. The molecular formula is C14H19N3O4S. The fourth-order valence-corrected chi connectivity index (χ4v) is 3.96. The number of amides is 1. The first-order valence-corrected chi connectivity index (χ1v) is 8.86. The van der Waals surface area contributed by atoms with Gasteiger partial charge in [-0.3, -0.25) is 9.62 Å². The molecule has 1 heterocycles. The molecule has 1 saturated heterocycles. The van der Waals surface area contributed by atoms with Crippen molar-refractivity contribution in [2.75, 3.05) is 22.8 Å². The first-order chi connectivity index (χ1) is 10.5. The molecule has 1 aliphatic carbocycles. The topological polar surface area (TPSA) is 87.7 Å². The number of carbonyl (C=O) groups excluding carboxylic acids is 1. The zero-order valence-corrected chi connectivity index (χ0v) is 12.9. The second-order valence-electron chi connectivity index (χ2n) is 5.52. The van der Waals surface area contributed by atoms with Crippen LogP contribution in [0, 0.1) is 0 Å². The van der Waals surface area contributed by atoms with Gasteiger partial charge >= 0.3 is 6.09 Å². The number of hydrogen-bond donors (Lipinski definition) is 2. The van der Waals surface area contributed by atoms with E-state index >= 15 is 0 Å². The minimum atomic E-state index is -3.57. The second kappa shape index (κ2) is 6.13. The van der Waals surface area contributed by atoms with E-state index in [1.54, 1.807) is 24.3 Å². The lowest BCUT2D eigenvalue weighted by molar-refractivity contribution is 0.181. The molecule has 1 amide bonds. The van der Waals surface area contributed by atoms with Gasteiger partial charge in [-0.05, 0) is 37.1 Å². The van der Waals surface area contributed by atoms with Crippen molar-refractivity contribution >= 4 is 27.7 Å². The van der Waals surface area contributed by atoms with Crippen LogP contribution in [0.4, 0.5) is 16.2 Å². The Balaban J connectivity index is 1.64. The number of rotatable bonds is 5. The third-order valence-corrected chi connectivity index (χ3v) is 5.02. The molecule has 1 saturated carbocycles. The minimum absolute atomic E-state index is 0.0242. The lowest BCUT2D eigenvalue weighted by Gasteiger charge is -2.15. The van der Waals surface area contributed by atoms with E-state index in [1.807, 2.05) is 0 Å². The number of ether oxygens (including phenoxy) is 1. The summed E-state index contributed by atoms with van der Waals surface area (Å²) in [5, 5.41) is 0. The van der Waals surface area contributed by atoms with Gasteiger partial charge in [-0.25, -0.2) is 4.79 Å². The maximum atomic E-state index is 12.0. The highest BCUT2D eigenvalue weighted by Gasteiger charge is 2.24. The number of nitrogens with one attached hydrogen (secondary N) is 2. The highest BCUT2D eigenvalue weighted by atomic mass is 32.2. The van der Waals surface area contributed by atoms with E-state index in [0.29, 0.717) is 24.5 Å². The largest absolute Gasteiger partial charge is 0.447 e. The summed E-state index contributed by atoms with van der Waals surface area (Å²) in [5.74, 6) is 0. The molecule has 7 nitrogen and oxygen atoms in total. The monoisotopic (exact) mass is 325 g/mol. The molecule has 120 valence electrons. The highest BCUT2D eigenvalue weighted by Crippen LogP contribution is 2.22. The van der Waals surface area contributed by atoms with E-state index in [9.17, 15) is 13.2 Å². The normalized spacial score (nSPS) is 19.5. The Labute approximate surface area is 129 Å². The Morgan fingerprint density at radius 3 is 2.41 bits per heavy atom. The van der Waals surface area contributed by atoms with Crippen LogP contribution in [0.2, 0.25) is 0 Å². The molecule has 0 unspecified atom stereocenters. The Morgan fingerprint density at radius 2 is 1.82 bits per heavy atom. The fourth-order valence-electron chi connectivity index (χ4n) is 2.79. The number of cyclic esters (lactones) is 1. The van der Waals surface area contributed by atoms with Crippen LogP contribution in [0.1, 0.15) is 25.7 Å². The van der Waals surface area contributed by atoms with Gasteiger partial charge in [-0.1, -0.05) is 12.8 Å². The first kappa shape index (κ1) is 15.1. The van der Waals surface area contributed by atoms with Gasteiger partial charge in [0.05, 0.1) is 6.54 Å². The fraction of sp³-hybridized carbons (Fsp3) is 0.500. The minimum Gasteiger partial charge on any atom is -0.447 e. The summed E-state index contributed by atoms with van der Waals surface area (Å²) >= 11 is 0. The first-order valence-electron chi connectivity index (χ1n) is 7.38. The standard InChI is InChI=1S/C14H19N3O4S/c18-14-17(9-10-21-14)13-7-5-12(6-8-13)16-22(19,20)15-11-3-1-2-4-11/h5-8,11,15-16H,1-4,9-10H2. The SMILES string of the molecule is O=C1OCCN1c1ccc(NS(=O)(=O)NC2CCCC2)cc1. The molecule has 1 aromatic carbocycles. The molecule has 2 fully saturated rings. The molecule has 3 rings (SSSR count). The van der Waals surface area contributed by atoms with E-state index in [4.69, 9.17) is 4.74 Å². The van der Waals surface area contributed by atoms with Crippen molar-refractivity contribution in [2.24, 2.45) is 0 Å². The zero-order chi connectivity index (χ0) is 15.6. The summed E-state index contributed by atoms with van der Waals surface area (Å²) in [6.45, 7) is 0.881. The van der Waals surface area contributed by atoms with Crippen LogP contribution < -0.4 is 14.3 Å². The molecular weight excluding hydrogens is 306 g/mol. The van der Waals surface area contributed by atoms with Gasteiger partial charge in [0.2, 0.25) is 0 Å². The van der Waals surface area contributed by atoms with Crippen LogP contribution in [0.5, 0.6) is 0 Å². The summed E-state index contributed by atoms with van der Waals surface area (Å²) in [6, 6.07) is 6.68. The zero-order valence-electron chi connectivity index (χ0n) is 12.1. The van der Waals surface area contributed by atoms with E-state index in [1.165, 1.54) is 4.90 Å². The Kier molecular flexibility index (Phi) is 4.21. The van der Waals surface area contributed by atoms with E-state index in [-0.39, 0.29) is 12.1 Å². The van der Waals surface area contributed by atoms with Crippen LogP contribution in [-0.4, -0.2) is 33.7 Å². The average Bonchev–Trinajstić information content (AvgIpc) is 3.10. The van der Waals surface area contributed by atoms with Crippen LogP contribution in [-0.2, 0) is 14.9 Å². The maximum absolute atomic E-state index is 12.0. The van der Waals surface area contributed by atoms with E-state index in [2.05, 4.69) is 9.44 Å². The molecule has 0 spiro atoms. The maximum Gasteiger partial charge on any atom is 0.414 e. The van der Waals surface area contributed by atoms with Gasteiger partial charge in [-0.2, -0.15) is 13.1 Å². The van der Waals surface area contributed by atoms with Crippen molar-refractivity contribution in [3.63, 3.8) is 0 Å². The number of nitrogens with zero attached hydrogens (tertiary/aromatic N) is 1. The van der Waals surface area contributed by atoms with Crippen LogP contribution in [0.15, 0.2) is 24.3 Å². The predicted molar refractivity (Wildman–Crippen MR) is 83.1 cm³/mol. The van der Waals surface area contributed by atoms with Crippen LogP contribution >= 0.6 is 0 Å². The van der Waals surface area contributed by atoms with Gasteiger partial charge in [0.15, 0.2) is 0 Å². The summed E-state index contributed by atoms with van der Waals surface area (Å²) in [5.41, 5.74) is 1.15. The number of anilines is 2. The van der Waals surface area contributed by atoms with E-state index in [0.717, 1.165) is 25.7 Å². The van der Waals surface area contributed by atoms with E-state index < -0.39 is 10.2 Å². The van der Waals surface area contributed by atoms with Gasteiger partial charge in [0.1, 0.15) is 6.61 Å². The number of benzene rings is 1. The molecule has 0 bridgehead atoms. The van der Waals surface area contributed by atoms with Crippen molar-refractivity contribution in [3.8, 4) is 0 Å². The van der Waals surface area contributed by atoms with Crippen molar-refractivity contribution in [1.29, 1.82) is 0 Å². The van der Waals surface area contributed by atoms with Gasteiger partial charge < -0.3 is 4.74 Å². The van der Waals surface area contributed by atoms with Crippen LogP contribution in [0.3, 0.4) is 0 Å². The number of carbonyl (C=O) groups is 1.